The average molecular weight is 262 g/mol. The van der Waals surface area contributed by atoms with Crippen LogP contribution in [0.1, 0.15) is 11.1 Å². The molecule has 0 aliphatic heterocycles. The van der Waals surface area contributed by atoms with Crippen molar-refractivity contribution in [2.75, 3.05) is 0 Å². The van der Waals surface area contributed by atoms with Crippen LogP contribution in [0.5, 0.6) is 11.6 Å². The van der Waals surface area contributed by atoms with Crippen molar-refractivity contribution in [3.8, 4) is 11.6 Å². The van der Waals surface area contributed by atoms with E-state index in [1.165, 1.54) is 30.5 Å². The summed E-state index contributed by atoms with van der Waals surface area (Å²) in [4.78, 5) is 14.3. The summed E-state index contributed by atoms with van der Waals surface area (Å²) in [5, 5.41) is 11.0. The Morgan fingerprint density at radius 1 is 1.26 bits per heavy atom. The van der Waals surface area contributed by atoms with Crippen LogP contribution in [0.25, 0.3) is 0 Å². The molecule has 1 aromatic carbocycles. The number of ether oxygens (including phenoxy) is 1. The van der Waals surface area contributed by atoms with E-state index in [0.717, 1.165) is 0 Å². The Labute approximate surface area is 108 Å². The Bertz CT molecular complexity index is 644. The first-order chi connectivity index (χ1) is 8.99. The molecule has 0 saturated heterocycles. The standard InChI is InChI=1S/C13H11FN2O3/c1-8-5-6-15-13(12(8)16(17)18)19-10-3-4-11(14)9(2)7-10/h3-7H,1-2H3. The minimum Gasteiger partial charge on any atom is -0.434 e. The van der Waals surface area contributed by atoms with Gasteiger partial charge in [-0.1, -0.05) is 0 Å². The zero-order chi connectivity index (χ0) is 14.0. The van der Waals surface area contributed by atoms with Gasteiger partial charge in [-0.05, 0) is 43.7 Å². The van der Waals surface area contributed by atoms with Gasteiger partial charge in [0.15, 0.2) is 0 Å². The highest BCUT2D eigenvalue weighted by atomic mass is 19.1. The van der Waals surface area contributed by atoms with Gasteiger partial charge < -0.3 is 4.74 Å². The van der Waals surface area contributed by atoms with Crippen LogP contribution < -0.4 is 4.74 Å². The Morgan fingerprint density at radius 3 is 2.63 bits per heavy atom. The van der Waals surface area contributed by atoms with Crippen molar-refractivity contribution in [1.82, 2.24) is 4.98 Å². The molecule has 2 rings (SSSR count). The number of aryl methyl sites for hydroxylation is 2. The van der Waals surface area contributed by atoms with Crippen LogP contribution in [0.4, 0.5) is 10.1 Å². The molecule has 1 heterocycles. The summed E-state index contributed by atoms with van der Waals surface area (Å²) >= 11 is 0. The van der Waals surface area contributed by atoms with Gasteiger partial charge in [-0.15, -0.1) is 0 Å². The van der Waals surface area contributed by atoms with Gasteiger partial charge in [0.2, 0.25) is 0 Å². The summed E-state index contributed by atoms with van der Waals surface area (Å²) in [7, 11) is 0. The van der Waals surface area contributed by atoms with Crippen LogP contribution in [0.3, 0.4) is 0 Å². The maximum atomic E-state index is 13.1. The Hall–Kier alpha value is -2.50. The highest BCUT2D eigenvalue weighted by molar-refractivity contribution is 5.49. The molecule has 1 aromatic heterocycles. The summed E-state index contributed by atoms with van der Waals surface area (Å²) in [6.07, 6.45) is 1.42. The SMILES string of the molecule is Cc1cc(Oc2nccc(C)c2[N+](=O)[O-])ccc1F. The molecule has 2 aromatic rings. The molecule has 0 N–H and O–H groups in total. The fourth-order valence-corrected chi connectivity index (χ4v) is 1.61. The van der Waals surface area contributed by atoms with Crippen LogP contribution in [-0.2, 0) is 0 Å². The normalized spacial score (nSPS) is 10.3. The molecule has 5 nitrogen and oxygen atoms in total. The molecule has 0 aliphatic rings. The molecule has 0 fully saturated rings. The molecule has 0 radical (unpaired) electrons. The minimum atomic E-state index is -0.548. The molecule has 0 bridgehead atoms. The molecule has 0 saturated carbocycles. The summed E-state index contributed by atoms with van der Waals surface area (Å²) in [5.41, 5.74) is 0.658. The number of aromatic nitrogens is 1. The van der Waals surface area contributed by atoms with Gasteiger partial charge in [-0.2, -0.15) is 0 Å². The highest BCUT2D eigenvalue weighted by Crippen LogP contribution is 2.32. The third kappa shape index (κ3) is 2.67. The second kappa shape index (κ2) is 5.01. The topological polar surface area (TPSA) is 65.3 Å². The third-order valence-electron chi connectivity index (χ3n) is 2.62. The highest BCUT2D eigenvalue weighted by Gasteiger charge is 2.20. The number of nitrogens with zero attached hydrogens (tertiary/aromatic N) is 2. The van der Waals surface area contributed by atoms with Crippen LogP contribution in [0, 0.1) is 29.8 Å². The van der Waals surface area contributed by atoms with E-state index in [1.807, 2.05) is 0 Å². The van der Waals surface area contributed by atoms with Gasteiger partial charge in [0.05, 0.1) is 4.92 Å². The van der Waals surface area contributed by atoms with Crippen molar-refractivity contribution in [2.24, 2.45) is 0 Å². The van der Waals surface area contributed by atoms with Crippen molar-refractivity contribution in [1.29, 1.82) is 0 Å². The fraction of sp³-hybridized carbons (Fsp3) is 0.154. The predicted molar refractivity (Wildman–Crippen MR) is 66.8 cm³/mol. The van der Waals surface area contributed by atoms with E-state index >= 15 is 0 Å². The van der Waals surface area contributed by atoms with E-state index in [4.69, 9.17) is 4.74 Å². The van der Waals surface area contributed by atoms with Crippen LogP contribution in [0.2, 0.25) is 0 Å². The summed E-state index contributed by atoms with van der Waals surface area (Å²) < 4.78 is 18.5. The van der Waals surface area contributed by atoms with Gasteiger partial charge >= 0.3 is 5.69 Å². The molecule has 0 spiro atoms. The summed E-state index contributed by atoms with van der Waals surface area (Å²) in [5.74, 6) is -0.157. The molecule has 0 amide bonds. The molecule has 19 heavy (non-hydrogen) atoms. The van der Waals surface area contributed by atoms with Crippen molar-refractivity contribution in [3.63, 3.8) is 0 Å². The lowest BCUT2D eigenvalue weighted by Crippen LogP contribution is -1.98. The van der Waals surface area contributed by atoms with Gasteiger partial charge in [-0.3, -0.25) is 10.1 Å². The van der Waals surface area contributed by atoms with E-state index in [2.05, 4.69) is 4.98 Å². The van der Waals surface area contributed by atoms with Gasteiger partial charge in [0, 0.05) is 11.8 Å². The summed E-state index contributed by atoms with van der Waals surface area (Å²) in [6, 6.07) is 5.63. The van der Waals surface area contributed by atoms with E-state index in [-0.39, 0.29) is 17.4 Å². The minimum absolute atomic E-state index is 0.101. The van der Waals surface area contributed by atoms with Gasteiger partial charge in [0.25, 0.3) is 5.88 Å². The molecule has 0 atom stereocenters. The van der Waals surface area contributed by atoms with Crippen molar-refractivity contribution in [2.45, 2.75) is 13.8 Å². The van der Waals surface area contributed by atoms with E-state index < -0.39 is 4.92 Å². The molecular weight excluding hydrogens is 251 g/mol. The first-order valence-electron chi connectivity index (χ1n) is 5.53. The zero-order valence-electron chi connectivity index (χ0n) is 10.4. The Kier molecular flexibility index (Phi) is 3.41. The molecule has 98 valence electrons. The van der Waals surface area contributed by atoms with Crippen molar-refractivity contribution in [3.05, 3.63) is 57.5 Å². The second-order valence-electron chi connectivity index (χ2n) is 4.05. The lowest BCUT2D eigenvalue weighted by Gasteiger charge is -2.07. The first kappa shape index (κ1) is 12.9. The van der Waals surface area contributed by atoms with E-state index in [0.29, 0.717) is 16.9 Å². The maximum absolute atomic E-state index is 13.1. The van der Waals surface area contributed by atoms with Crippen LogP contribution in [0.15, 0.2) is 30.5 Å². The van der Waals surface area contributed by atoms with Crippen molar-refractivity contribution < 1.29 is 14.1 Å². The zero-order valence-corrected chi connectivity index (χ0v) is 10.4. The third-order valence-corrected chi connectivity index (χ3v) is 2.62. The van der Waals surface area contributed by atoms with E-state index in [9.17, 15) is 14.5 Å². The maximum Gasteiger partial charge on any atom is 0.334 e. The predicted octanol–water partition coefficient (Wildman–Crippen LogP) is 3.54. The number of nitro groups is 1. The monoisotopic (exact) mass is 262 g/mol. The van der Waals surface area contributed by atoms with E-state index in [1.54, 1.807) is 13.8 Å². The van der Waals surface area contributed by atoms with Gasteiger partial charge in [0.1, 0.15) is 11.6 Å². The van der Waals surface area contributed by atoms with Crippen LogP contribution >= 0.6 is 0 Å². The Morgan fingerprint density at radius 2 is 2.00 bits per heavy atom. The van der Waals surface area contributed by atoms with Crippen LogP contribution in [-0.4, -0.2) is 9.91 Å². The summed E-state index contributed by atoms with van der Waals surface area (Å²) in [6.45, 7) is 3.18. The number of rotatable bonds is 3. The quantitative estimate of drug-likeness (QED) is 0.626. The first-order valence-corrected chi connectivity index (χ1v) is 5.53. The number of halogens is 1. The number of benzene rings is 1. The average Bonchev–Trinajstić information content (AvgIpc) is 2.33. The van der Waals surface area contributed by atoms with Crippen molar-refractivity contribution >= 4 is 5.69 Å². The number of pyridine rings is 1. The molecular formula is C13H11FN2O3. The lowest BCUT2D eigenvalue weighted by molar-refractivity contribution is -0.386. The number of hydrogen-bond acceptors (Lipinski definition) is 4. The largest absolute Gasteiger partial charge is 0.434 e. The van der Waals surface area contributed by atoms with Gasteiger partial charge in [-0.25, -0.2) is 9.37 Å². The lowest BCUT2D eigenvalue weighted by atomic mass is 10.2. The number of hydrogen-bond donors (Lipinski definition) is 0. The Balaban J connectivity index is 2.40. The molecule has 0 aliphatic carbocycles. The molecule has 6 heteroatoms. The smallest absolute Gasteiger partial charge is 0.334 e. The second-order valence-corrected chi connectivity index (χ2v) is 4.05. The molecule has 0 unspecified atom stereocenters. The fourth-order valence-electron chi connectivity index (χ4n) is 1.61.